The molecule has 164 valence electrons. The van der Waals surface area contributed by atoms with E-state index in [1.165, 1.54) is 24.1 Å². The van der Waals surface area contributed by atoms with Gasteiger partial charge in [-0.1, -0.05) is 43.4 Å². The molecule has 0 saturated heterocycles. The van der Waals surface area contributed by atoms with Gasteiger partial charge >= 0.3 is 0 Å². The number of sulfonamides is 1. The van der Waals surface area contributed by atoms with Crippen molar-refractivity contribution in [2.24, 2.45) is 0 Å². The number of methoxy groups -OCH3 is 1. The maximum Gasteiger partial charge on any atom is 0.251 e. The molecule has 1 amide bonds. The molecule has 0 atom stereocenters. The normalized spacial score (nSPS) is 15.6. The van der Waals surface area contributed by atoms with Crippen LogP contribution in [0.4, 0.5) is 0 Å². The lowest BCUT2D eigenvalue weighted by molar-refractivity contribution is 0.0936. The van der Waals surface area contributed by atoms with Crippen molar-refractivity contribution in [3.63, 3.8) is 0 Å². The highest BCUT2D eigenvalue weighted by Gasteiger charge is 2.34. The van der Waals surface area contributed by atoms with Gasteiger partial charge in [0.25, 0.3) is 5.91 Å². The lowest BCUT2D eigenvalue weighted by atomic mass is 9.69. The number of rotatable bonds is 8. The molecule has 1 aliphatic carbocycles. The maximum atomic E-state index is 12.9. The van der Waals surface area contributed by atoms with E-state index in [-0.39, 0.29) is 22.8 Å². The van der Waals surface area contributed by atoms with E-state index in [4.69, 9.17) is 11.2 Å². The van der Waals surface area contributed by atoms with Crippen molar-refractivity contribution in [1.29, 1.82) is 0 Å². The Labute approximate surface area is 184 Å². The van der Waals surface area contributed by atoms with Gasteiger partial charge in [-0.15, -0.1) is 6.42 Å². The van der Waals surface area contributed by atoms with Crippen molar-refractivity contribution < 1.29 is 17.9 Å². The molecule has 0 spiro atoms. The number of benzene rings is 2. The summed E-state index contributed by atoms with van der Waals surface area (Å²) >= 11 is 0. The Bertz CT molecular complexity index is 1050. The van der Waals surface area contributed by atoms with Crippen LogP contribution < -0.4 is 14.8 Å². The van der Waals surface area contributed by atoms with Gasteiger partial charge in [0, 0.05) is 17.5 Å². The minimum Gasteiger partial charge on any atom is -0.497 e. The van der Waals surface area contributed by atoms with Crippen molar-refractivity contribution in [2.45, 2.75) is 42.4 Å². The summed E-state index contributed by atoms with van der Waals surface area (Å²) in [6.07, 6.45) is 10.5. The topological polar surface area (TPSA) is 84.5 Å². The highest BCUT2D eigenvalue weighted by Crippen LogP contribution is 2.39. The van der Waals surface area contributed by atoms with Crippen LogP contribution in [-0.4, -0.2) is 34.5 Å². The highest BCUT2D eigenvalue weighted by atomic mass is 32.2. The minimum atomic E-state index is -3.76. The first-order chi connectivity index (χ1) is 14.9. The van der Waals surface area contributed by atoms with Crippen molar-refractivity contribution >= 4 is 15.9 Å². The van der Waals surface area contributed by atoms with Gasteiger partial charge in [0.15, 0.2) is 0 Å². The van der Waals surface area contributed by atoms with E-state index < -0.39 is 10.0 Å². The molecular formula is C24H28N2O4S. The summed E-state index contributed by atoms with van der Waals surface area (Å²) in [6.45, 7) is 0.383. The molecule has 0 heterocycles. The summed E-state index contributed by atoms with van der Waals surface area (Å²) < 4.78 is 32.2. The predicted molar refractivity (Wildman–Crippen MR) is 121 cm³/mol. The molecule has 2 N–H and O–H groups in total. The summed E-state index contributed by atoms with van der Waals surface area (Å²) in [5.41, 5.74) is 1.34. The molecular weight excluding hydrogens is 412 g/mol. The van der Waals surface area contributed by atoms with Gasteiger partial charge in [0.2, 0.25) is 10.0 Å². The van der Waals surface area contributed by atoms with E-state index in [0.717, 1.165) is 31.4 Å². The van der Waals surface area contributed by atoms with Gasteiger partial charge in [-0.05, 0) is 48.7 Å². The van der Waals surface area contributed by atoms with Gasteiger partial charge in [-0.25, -0.2) is 8.42 Å². The molecule has 1 saturated carbocycles. The number of ether oxygens (including phenoxy) is 1. The number of hydrogen-bond donors (Lipinski definition) is 2. The van der Waals surface area contributed by atoms with Gasteiger partial charge in [0.05, 0.1) is 18.6 Å². The van der Waals surface area contributed by atoms with Crippen molar-refractivity contribution in [2.75, 3.05) is 20.2 Å². The second-order valence-electron chi connectivity index (χ2n) is 7.81. The molecule has 0 radical (unpaired) electrons. The number of amides is 1. The van der Waals surface area contributed by atoms with E-state index in [0.29, 0.717) is 12.1 Å². The molecule has 0 aromatic heterocycles. The zero-order chi connectivity index (χ0) is 22.3. The molecule has 1 fully saturated rings. The number of nitrogens with one attached hydrogen (secondary N) is 2. The average Bonchev–Trinajstić information content (AvgIpc) is 2.82. The van der Waals surface area contributed by atoms with Crippen molar-refractivity contribution in [1.82, 2.24) is 10.0 Å². The van der Waals surface area contributed by atoms with E-state index in [1.807, 2.05) is 12.1 Å². The number of carbonyl (C=O) groups is 1. The molecule has 6 nitrogen and oxygen atoms in total. The van der Waals surface area contributed by atoms with Crippen LogP contribution in [0.3, 0.4) is 0 Å². The summed E-state index contributed by atoms with van der Waals surface area (Å²) in [5.74, 6) is 2.74. The Morgan fingerprint density at radius 2 is 1.84 bits per heavy atom. The zero-order valence-corrected chi connectivity index (χ0v) is 18.5. The number of carbonyl (C=O) groups excluding carboxylic acids is 1. The number of terminal acetylenes is 1. The fourth-order valence-electron chi connectivity index (χ4n) is 4.12. The largest absolute Gasteiger partial charge is 0.497 e. The minimum absolute atomic E-state index is 0.0120. The lowest BCUT2D eigenvalue weighted by Crippen LogP contribution is -2.42. The molecule has 0 aliphatic heterocycles. The van der Waals surface area contributed by atoms with E-state index in [9.17, 15) is 13.2 Å². The third-order valence-corrected chi connectivity index (χ3v) is 7.27. The Balaban J connectivity index is 1.77. The van der Waals surface area contributed by atoms with Crippen molar-refractivity contribution in [3.8, 4) is 18.1 Å². The summed E-state index contributed by atoms with van der Waals surface area (Å²) in [4.78, 5) is 12.9. The van der Waals surface area contributed by atoms with Gasteiger partial charge < -0.3 is 10.1 Å². The summed E-state index contributed by atoms with van der Waals surface area (Å²) in [5, 5.41) is 3.04. The zero-order valence-electron chi connectivity index (χ0n) is 17.7. The molecule has 0 bridgehead atoms. The highest BCUT2D eigenvalue weighted by molar-refractivity contribution is 7.89. The molecule has 2 aromatic rings. The van der Waals surface area contributed by atoms with Crippen molar-refractivity contribution in [3.05, 3.63) is 59.7 Å². The Hall–Kier alpha value is -2.82. The second-order valence-corrected chi connectivity index (χ2v) is 9.58. The second kappa shape index (κ2) is 9.99. The summed E-state index contributed by atoms with van der Waals surface area (Å²) in [6, 6.07) is 14.0. The Morgan fingerprint density at radius 3 is 2.48 bits per heavy atom. The smallest absolute Gasteiger partial charge is 0.251 e. The predicted octanol–water partition coefficient (Wildman–Crippen LogP) is 3.24. The third kappa shape index (κ3) is 5.46. The average molecular weight is 441 g/mol. The van der Waals surface area contributed by atoms with Gasteiger partial charge in [0.1, 0.15) is 5.75 Å². The van der Waals surface area contributed by atoms with Crippen LogP contribution in [0.2, 0.25) is 0 Å². The summed E-state index contributed by atoms with van der Waals surface area (Å²) in [7, 11) is -2.12. The molecule has 1 aliphatic rings. The van der Waals surface area contributed by atoms with Gasteiger partial charge in [-0.2, -0.15) is 4.72 Å². The first kappa shape index (κ1) is 22.9. The van der Waals surface area contributed by atoms with Crippen LogP contribution in [-0.2, 0) is 15.4 Å². The SMILES string of the molecule is C#CCNS(=O)(=O)c1cccc(C(=O)NCC2(c3ccc(OC)cc3)CCCCC2)c1. The lowest BCUT2D eigenvalue weighted by Gasteiger charge is -2.38. The van der Waals surface area contributed by atoms with E-state index >= 15 is 0 Å². The molecule has 2 aromatic carbocycles. The van der Waals surface area contributed by atoms with Crippen LogP contribution in [0.5, 0.6) is 5.75 Å². The fourth-order valence-corrected chi connectivity index (χ4v) is 5.10. The van der Waals surface area contributed by atoms with Crippen LogP contribution in [0.1, 0.15) is 48.0 Å². The first-order valence-electron chi connectivity index (χ1n) is 10.4. The molecule has 3 rings (SSSR count). The van der Waals surface area contributed by atoms with Crippen LogP contribution in [0.25, 0.3) is 0 Å². The third-order valence-electron chi connectivity index (χ3n) is 5.87. The Morgan fingerprint density at radius 1 is 1.13 bits per heavy atom. The van der Waals surface area contributed by atoms with Crippen LogP contribution >= 0.6 is 0 Å². The molecule has 7 heteroatoms. The quantitative estimate of drug-likeness (QED) is 0.617. The van der Waals surface area contributed by atoms with Gasteiger partial charge in [-0.3, -0.25) is 4.79 Å². The van der Waals surface area contributed by atoms with E-state index in [1.54, 1.807) is 19.2 Å². The number of hydrogen-bond acceptors (Lipinski definition) is 4. The Kier molecular flexibility index (Phi) is 7.37. The van der Waals surface area contributed by atoms with E-state index in [2.05, 4.69) is 28.1 Å². The monoisotopic (exact) mass is 440 g/mol. The molecule has 31 heavy (non-hydrogen) atoms. The fraction of sp³-hybridized carbons (Fsp3) is 0.375. The maximum absolute atomic E-state index is 12.9. The van der Waals surface area contributed by atoms with Crippen LogP contribution in [0.15, 0.2) is 53.4 Å². The molecule has 0 unspecified atom stereocenters. The first-order valence-corrected chi connectivity index (χ1v) is 11.8. The standard InChI is InChI=1S/C24H28N2O4S/c1-3-16-26-31(28,29)22-9-7-8-19(17-22)23(27)25-18-24(14-5-4-6-15-24)20-10-12-21(30-2)13-11-20/h1,7-13,17,26H,4-6,14-16,18H2,2H3,(H,25,27). The van der Waals surface area contributed by atoms with Crippen LogP contribution in [0, 0.1) is 12.3 Å².